The van der Waals surface area contributed by atoms with Gasteiger partial charge in [-0.2, -0.15) is 0 Å². The minimum absolute atomic E-state index is 0.0369. The second kappa shape index (κ2) is 5.44. The van der Waals surface area contributed by atoms with Gasteiger partial charge < -0.3 is 10.2 Å². The monoisotopic (exact) mass is 278 g/mol. The highest BCUT2D eigenvalue weighted by Crippen LogP contribution is 2.32. The maximum Gasteiger partial charge on any atom is 0.258 e. The third-order valence-electron chi connectivity index (χ3n) is 3.74. The molecule has 0 saturated heterocycles. The zero-order chi connectivity index (χ0) is 14.8. The summed E-state index contributed by atoms with van der Waals surface area (Å²) in [5.74, 6) is 0.0369. The van der Waals surface area contributed by atoms with E-state index in [1.54, 1.807) is 11.0 Å². The maximum absolute atomic E-state index is 12.7. The summed E-state index contributed by atoms with van der Waals surface area (Å²) in [4.78, 5) is 14.5. The van der Waals surface area contributed by atoms with Gasteiger partial charge in [-0.05, 0) is 24.6 Å². The molecule has 0 spiro atoms. The fourth-order valence-electron chi connectivity index (χ4n) is 2.63. The number of fused-ring (bicyclic) bond motifs is 1. The Morgan fingerprint density at radius 3 is 2.62 bits per heavy atom. The largest absolute Gasteiger partial charge is 0.361 e. The fourth-order valence-corrected chi connectivity index (χ4v) is 2.63. The predicted molar refractivity (Wildman–Crippen MR) is 85.2 cm³/mol. The van der Waals surface area contributed by atoms with E-state index in [1.165, 1.54) is 5.56 Å². The van der Waals surface area contributed by atoms with Crippen LogP contribution in [0, 0.1) is 6.92 Å². The van der Waals surface area contributed by atoms with Gasteiger partial charge in [-0.1, -0.05) is 48.0 Å². The Labute approximate surface area is 124 Å². The first-order valence-electron chi connectivity index (χ1n) is 7.04. The number of carbonyl (C=O) groups is 1. The number of nitrogens with one attached hydrogen (secondary N) is 1. The Balaban J connectivity index is 2.04. The van der Waals surface area contributed by atoms with Crippen LogP contribution in [-0.4, -0.2) is 17.4 Å². The molecule has 3 heteroatoms. The number of hydrogen-bond donors (Lipinski definition) is 1. The van der Waals surface area contributed by atoms with Crippen molar-refractivity contribution in [2.24, 2.45) is 0 Å². The number of aryl methyl sites for hydroxylation is 1. The summed E-state index contributed by atoms with van der Waals surface area (Å²) in [6, 6.07) is 15.9. The summed E-state index contributed by atoms with van der Waals surface area (Å²) in [7, 11) is 0. The van der Waals surface area contributed by atoms with Crippen LogP contribution in [0.2, 0.25) is 0 Å². The first kappa shape index (κ1) is 13.4. The topological polar surface area (TPSA) is 32.3 Å². The van der Waals surface area contributed by atoms with Gasteiger partial charge in [0.1, 0.15) is 6.17 Å². The Morgan fingerprint density at radius 1 is 1.19 bits per heavy atom. The van der Waals surface area contributed by atoms with Gasteiger partial charge >= 0.3 is 0 Å². The van der Waals surface area contributed by atoms with Gasteiger partial charge in [0.15, 0.2) is 0 Å². The normalized spacial score (nSPS) is 17.1. The average Bonchev–Trinajstić information content (AvgIpc) is 2.51. The lowest BCUT2D eigenvalue weighted by atomic mass is 10.0. The molecular weight excluding hydrogens is 260 g/mol. The van der Waals surface area contributed by atoms with Crippen LogP contribution in [0.1, 0.15) is 27.7 Å². The Hall–Kier alpha value is -2.55. The number of rotatable bonds is 3. The molecule has 21 heavy (non-hydrogen) atoms. The molecule has 3 rings (SSSR count). The quantitative estimate of drug-likeness (QED) is 0.867. The van der Waals surface area contributed by atoms with Crippen LogP contribution in [0.3, 0.4) is 0 Å². The molecule has 0 bridgehead atoms. The number of carbonyl (C=O) groups excluding carboxylic acids is 1. The second-order valence-electron chi connectivity index (χ2n) is 5.25. The third-order valence-corrected chi connectivity index (χ3v) is 3.74. The highest BCUT2D eigenvalue weighted by molar-refractivity contribution is 6.01. The highest BCUT2D eigenvalue weighted by atomic mass is 16.2. The molecule has 0 saturated carbocycles. The number of para-hydroxylation sites is 1. The van der Waals surface area contributed by atoms with E-state index in [2.05, 4.69) is 43.1 Å². The highest BCUT2D eigenvalue weighted by Gasteiger charge is 2.31. The van der Waals surface area contributed by atoms with Crippen molar-refractivity contribution < 1.29 is 4.79 Å². The van der Waals surface area contributed by atoms with Crippen molar-refractivity contribution in [3.05, 3.63) is 77.9 Å². The molecule has 1 unspecified atom stereocenters. The van der Waals surface area contributed by atoms with Crippen LogP contribution in [-0.2, 0) is 0 Å². The van der Waals surface area contributed by atoms with E-state index in [0.29, 0.717) is 12.1 Å². The van der Waals surface area contributed by atoms with Gasteiger partial charge in [-0.25, -0.2) is 0 Å². The second-order valence-corrected chi connectivity index (χ2v) is 5.25. The van der Waals surface area contributed by atoms with E-state index in [4.69, 9.17) is 0 Å². The van der Waals surface area contributed by atoms with Crippen molar-refractivity contribution in [3.8, 4) is 0 Å². The zero-order valence-electron chi connectivity index (χ0n) is 12.0. The molecule has 1 amide bonds. The molecule has 1 atom stereocenters. The summed E-state index contributed by atoms with van der Waals surface area (Å²) in [5, 5.41) is 3.46. The minimum atomic E-state index is -0.161. The van der Waals surface area contributed by atoms with Crippen LogP contribution < -0.4 is 5.32 Å². The van der Waals surface area contributed by atoms with Crippen molar-refractivity contribution in [2.75, 3.05) is 11.9 Å². The van der Waals surface area contributed by atoms with E-state index in [0.717, 1.165) is 11.3 Å². The molecular formula is C18H18N2O. The van der Waals surface area contributed by atoms with Crippen LogP contribution in [0.5, 0.6) is 0 Å². The van der Waals surface area contributed by atoms with Crippen LogP contribution in [0.15, 0.2) is 61.2 Å². The zero-order valence-corrected chi connectivity index (χ0v) is 12.0. The van der Waals surface area contributed by atoms with Crippen molar-refractivity contribution in [3.63, 3.8) is 0 Å². The van der Waals surface area contributed by atoms with Gasteiger partial charge in [0.05, 0.1) is 5.56 Å². The standard InChI is InChI=1S/C18H18N2O/c1-3-12-20-17(14-10-8-13(2)9-11-14)19-16-7-5-4-6-15(16)18(20)21/h3-11,17,19H,1,12H2,2H3. The summed E-state index contributed by atoms with van der Waals surface area (Å²) in [5.41, 5.74) is 3.87. The van der Waals surface area contributed by atoms with Crippen molar-refractivity contribution in [1.82, 2.24) is 4.90 Å². The van der Waals surface area contributed by atoms with Crippen LogP contribution in [0.25, 0.3) is 0 Å². The van der Waals surface area contributed by atoms with E-state index >= 15 is 0 Å². The van der Waals surface area contributed by atoms with Gasteiger partial charge in [0.25, 0.3) is 5.91 Å². The van der Waals surface area contributed by atoms with Gasteiger partial charge in [0.2, 0.25) is 0 Å². The van der Waals surface area contributed by atoms with E-state index < -0.39 is 0 Å². The number of anilines is 1. The Kier molecular flexibility index (Phi) is 3.48. The molecule has 0 fully saturated rings. The molecule has 0 radical (unpaired) electrons. The number of hydrogen-bond acceptors (Lipinski definition) is 2. The summed E-state index contributed by atoms with van der Waals surface area (Å²) < 4.78 is 0. The summed E-state index contributed by atoms with van der Waals surface area (Å²) in [6.45, 7) is 6.33. The molecule has 0 aromatic heterocycles. The minimum Gasteiger partial charge on any atom is -0.361 e. The fraction of sp³-hybridized carbons (Fsp3) is 0.167. The summed E-state index contributed by atoms with van der Waals surface area (Å²) >= 11 is 0. The van der Waals surface area contributed by atoms with Crippen molar-refractivity contribution in [1.29, 1.82) is 0 Å². The van der Waals surface area contributed by atoms with Crippen LogP contribution >= 0.6 is 0 Å². The van der Waals surface area contributed by atoms with E-state index in [9.17, 15) is 4.79 Å². The Bertz CT molecular complexity index is 676. The molecule has 3 nitrogen and oxygen atoms in total. The number of amides is 1. The van der Waals surface area contributed by atoms with Gasteiger partial charge in [-0.3, -0.25) is 4.79 Å². The van der Waals surface area contributed by atoms with Crippen molar-refractivity contribution in [2.45, 2.75) is 13.1 Å². The molecule has 106 valence electrons. The molecule has 2 aromatic carbocycles. The van der Waals surface area contributed by atoms with E-state index in [-0.39, 0.29) is 12.1 Å². The summed E-state index contributed by atoms with van der Waals surface area (Å²) in [6.07, 6.45) is 1.60. The smallest absolute Gasteiger partial charge is 0.258 e. The van der Waals surface area contributed by atoms with Crippen molar-refractivity contribution >= 4 is 11.6 Å². The molecule has 2 aromatic rings. The Morgan fingerprint density at radius 2 is 1.90 bits per heavy atom. The number of nitrogens with zero attached hydrogens (tertiary/aromatic N) is 1. The SMILES string of the molecule is C=CCN1C(=O)c2ccccc2NC1c1ccc(C)cc1. The number of benzene rings is 2. The van der Waals surface area contributed by atoms with Crippen LogP contribution in [0.4, 0.5) is 5.69 Å². The molecule has 1 aliphatic rings. The predicted octanol–water partition coefficient (Wildman–Crippen LogP) is 3.75. The maximum atomic E-state index is 12.7. The lowest BCUT2D eigenvalue weighted by Gasteiger charge is -2.37. The molecule has 0 aliphatic carbocycles. The molecule has 1 heterocycles. The average molecular weight is 278 g/mol. The molecule has 1 N–H and O–H groups in total. The lowest BCUT2D eigenvalue weighted by Crippen LogP contribution is -2.42. The van der Waals surface area contributed by atoms with Gasteiger partial charge in [0, 0.05) is 12.2 Å². The van der Waals surface area contributed by atoms with E-state index in [1.807, 2.05) is 24.3 Å². The third kappa shape index (κ3) is 2.42. The lowest BCUT2D eigenvalue weighted by molar-refractivity contribution is 0.0707. The molecule has 1 aliphatic heterocycles. The van der Waals surface area contributed by atoms with Gasteiger partial charge in [-0.15, -0.1) is 6.58 Å². The first-order valence-corrected chi connectivity index (χ1v) is 7.04. The first-order chi connectivity index (χ1) is 10.2.